The number of hydrogen-bond acceptors (Lipinski definition) is 6. The zero-order valence-electron chi connectivity index (χ0n) is 13.2. The number of carbonyl (C=O) groups is 2. The van der Waals surface area contributed by atoms with Crippen molar-refractivity contribution in [3.63, 3.8) is 0 Å². The number of imide groups is 1. The van der Waals surface area contributed by atoms with Crippen LogP contribution in [-0.4, -0.2) is 42.5 Å². The third-order valence-corrected chi connectivity index (χ3v) is 4.18. The predicted octanol–water partition coefficient (Wildman–Crippen LogP) is 2.36. The molecule has 0 saturated carbocycles. The molecule has 126 valence electrons. The first-order chi connectivity index (χ1) is 11.1. The molecule has 1 fully saturated rings. The molecular formula is C16H21NO5S. The van der Waals surface area contributed by atoms with Crippen molar-refractivity contribution in [3.05, 3.63) is 29.8 Å². The van der Waals surface area contributed by atoms with Crippen LogP contribution in [0.2, 0.25) is 0 Å². The molecule has 1 aromatic carbocycles. The van der Waals surface area contributed by atoms with Gasteiger partial charge in [-0.2, -0.15) is 0 Å². The molecule has 1 aliphatic rings. The molecule has 2 rings (SSSR count). The first-order valence-electron chi connectivity index (χ1n) is 7.58. The van der Waals surface area contributed by atoms with Crippen LogP contribution in [0.15, 0.2) is 24.3 Å². The minimum absolute atomic E-state index is 0.225. The molecule has 6 nitrogen and oxygen atoms in total. The Balaban J connectivity index is 1.84. The average molecular weight is 339 g/mol. The van der Waals surface area contributed by atoms with E-state index in [2.05, 4.69) is 5.32 Å². The Kier molecular flexibility index (Phi) is 6.88. The van der Waals surface area contributed by atoms with E-state index in [0.29, 0.717) is 32.0 Å². The Hall–Kier alpha value is -1.57. The van der Waals surface area contributed by atoms with E-state index in [9.17, 15) is 9.59 Å². The molecule has 1 aromatic rings. The molecule has 0 bridgehead atoms. The molecule has 2 amide bonds. The number of thioether (sulfide) groups is 1. The molecule has 0 radical (unpaired) electrons. The zero-order chi connectivity index (χ0) is 16.7. The molecule has 1 N–H and O–H groups in total. The van der Waals surface area contributed by atoms with Gasteiger partial charge in [-0.1, -0.05) is 23.9 Å². The summed E-state index contributed by atoms with van der Waals surface area (Å²) in [6.45, 7) is 5.25. The van der Waals surface area contributed by atoms with Gasteiger partial charge in [-0.25, -0.2) is 0 Å². The molecule has 0 spiro atoms. The standard InChI is InChI=1S/C16H21NO5S/c1-3-20-14(21-4-2)10-22-12-7-5-11(6-8-12)9-13-15(18)17-16(19)23-13/h5-8,13-14H,3-4,9-10H2,1-2H3,(H,17,18,19). The molecule has 0 aromatic heterocycles. The second-order valence-corrected chi connectivity index (χ2v) is 6.06. The van der Waals surface area contributed by atoms with Crippen LogP contribution in [-0.2, 0) is 20.7 Å². The van der Waals surface area contributed by atoms with Crippen LogP contribution in [0.3, 0.4) is 0 Å². The largest absolute Gasteiger partial charge is 0.488 e. The quantitative estimate of drug-likeness (QED) is 0.696. The third kappa shape index (κ3) is 5.53. The maximum Gasteiger partial charge on any atom is 0.286 e. The molecule has 1 heterocycles. The van der Waals surface area contributed by atoms with Crippen LogP contribution in [0, 0.1) is 0 Å². The number of rotatable bonds is 9. The van der Waals surface area contributed by atoms with Crippen molar-refractivity contribution in [3.8, 4) is 5.75 Å². The van der Waals surface area contributed by atoms with Crippen molar-refractivity contribution in [2.75, 3.05) is 19.8 Å². The highest BCUT2D eigenvalue weighted by atomic mass is 32.2. The number of benzene rings is 1. The number of ether oxygens (including phenoxy) is 3. The van der Waals surface area contributed by atoms with Gasteiger partial charge in [0.1, 0.15) is 12.4 Å². The van der Waals surface area contributed by atoms with Gasteiger partial charge in [-0.3, -0.25) is 14.9 Å². The van der Waals surface area contributed by atoms with E-state index in [0.717, 1.165) is 17.3 Å². The summed E-state index contributed by atoms with van der Waals surface area (Å²) in [4.78, 5) is 22.7. The number of hydrogen-bond donors (Lipinski definition) is 1. The molecule has 0 aliphatic carbocycles. The van der Waals surface area contributed by atoms with Gasteiger partial charge >= 0.3 is 0 Å². The minimum Gasteiger partial charge on any atom is -0.488 e. The fraction of sp³-hybridized carbons (Fsp3) is 0.500. The highest BCUT2D eigenvalue weighted by Crippen LogP contribution is 2.23. The zero-order valence-corrected chi connectivity index (χ0v) is 14.1. The topological polar surface area (TPSA) is 73.9 Å². The molecule has 1 aliphatic heterocycles. The van der Waals surface area contributed by atoms with Gasteiger partial charge < -0.3 is 14.2 Å². The molecule has 1 saturated heterocycles. The van der Waals surface area contributed by atoms with Crippen molar-refractivity contribution >= 4 is 22.9 Å². The average Bonchev–Trinajstić information content (AvgIpc) is 2.84. The predicted molar refractivity (Wildman–Crippen MR) is 87.6 cm³/mol. The second kappa shape index (κ2) is 8.90. The number of nitrogens with one attached hydrogen (secondary N) is 1. The van der Waals surface area contributed by atoms with E-state index in [-0.39, 0.29) is 22.7 Å². The van der Waals surface area contributed by atoms with Gasteiger partial charge in [0.25, 0.3) is 5.24 Å². The van der Waals surface area contributed by atoms with E-state index >= 15 is 0 Å². The monoisotopic (exact) mass is 339 g/mol. The van der Waals surface area contributed by atoms with Crippen LogP contribution in [0.5, 0.6) is 5.75 Å². The van der Waals surface area contributed by atoms with Crippen LogP contribution < -0.4 is 10.1 Å². The fourth-order valence-corrected chi connectivity index (χ4v) is 3.00. The summed E-state index contributed by atoms with van der Waals surface area (Å²) >= 11 is 1.03. The van der Waals surface area contributed by atoms with Crippen LogP contribution in [0.25, 0.3) is 0 Å². The second-order valence-electron chi connectivity index (χ2n) is 4.88. The lowest BCUT2D eigenvalue weighted by Gasteiger charge is -2.17. The van der Waals surface area contributed by atoms with Crippen molar-refractivity contribution < 1.29 is 23.8 Å². The lowest BCUT2D eigenvalue weighted by atomic mass is 10.1. The van der Waals surface area contributed by atoms with E-state index < -0.39 is 0 Å². The van der Waals surface area contributed by atoms with Crippen molar-refractivity contribution in [1.82, 2.24) is 5.32 Å². The van der Waals surface area contributed by atoms with Crippen LogP contribution >= 0.6 is 11.8 Å². The fourth-order valence-electron chi connectivity index (χ4n) is 2.14. The lowest BCUT2D eigenvalue weighted by Crippen LogP contribution is -2.25. The minimum atomic E-state index is -0.380. The Labute approximate surface area is 139 Å². The van der Waals surface area contributed by atoms with Gasteiger partial charge in [0, 0.05) is 13.2 Å². The summed E-state index contributed by atoms with van der Waals surface area (Å²) in [5.74, 6) is 0.481. The van der Waals surface area contributed by atoms with Gasteiger partial charge in [-0.15, -0.1) is 0 Å². The number of carbonyl (C=O) groups excluding carboxylic acids is 2. The summed E-state index contributed by atoms with van der Waals surface area (Å²) in [7, 11) is 0. The maximum atomic E-state index is 11.6. The molecule has 7 heteroatoms. The molecule has 1 unspecified atom stereocenters. The summed E-state index contributed by atoms with van der Waals surface area (Å²) in [5, 5.41) is 1.66. The summed E-state index contributed by atoms with van der Waals surface area (Å²) in [5.41, 5.74) is 0.978. The van der Waals surface area contributed by atoms with E-state index in [4.69, 9.17) is 14.2 Å². The van der Waals surface area contributed by atoms with E-state index in [1.807, 2.05) is 38.1 Å². The first kappa shape index (κ1) is 17.8. The normalized spacial score (nSPS) is 17.6. The summed E-state index contributed by atoms with van der Waals surface area (Å²) in [6, 6.07) is 7.46. The maximum absolute atomic E-state index is 11.6. The van der Waals surface area contributed by atoms with Crippen LogP contribution in [0.4, 0.5) is 4.79 Å². The van der Waals surface area contributed by atoms with Gasteiger partial charge in [0.15, 0.2) is 6.29 Å². The highest BCUT2D eigenvalue weighted by Gasteiger charge is 2.31. The van der Waals surface area contributed by atoms with Gasteiger partial charge in [-0.05, 0) is 38.0 Å². The highest BCUT2D eigenvalue weighted by molar-refractivity contribution is 8.15. The molecule has 23 heavy (non-hydrogen) atoms. The Morgan fingerprint density at radius 3 is 2.30 bits per heavy atom. The SMILES string of the molecule is CCOC(COc1ccc(CC2SC(=O)NC2=O)cc1)OCC. The van der Waals surface area contributed by atoms with E-state index in [1.54, 1.807) is 0 Å². The van der Waals surface area contributed by atoms with E-state index in [1.165, 1.54) is 0 Å². The van der Waals surface area contributed by atoms with Crippen molar-refractivity contribution in [1.29, 1.82) is 0 Å². The molecule has 1 atom stereocenters. The van der Waals surface area contributed by atoms with Crippen molar-refractivity contribution in [2.24, 2.45) is 0 Å². The summed E-state index contributed by atoms with van der Waals surface area (Å²) < 4.78 is 16.5. The number of amides is 2. The Morgan fingerprint density at radius 2 is 1.78 bits per heavy atom. The smallest absolute Gasteiger partial charge is 0.286 e. The van der Waals surface area contributed by atoms with Crippen molar-refractivity contribution in [2.45, 2.75) is 31.8 Å². The molecular weight excluding hydrogens is 318 g/mol. The first-order valence-corrected chi connectivity index (χ1v) is 8.46. The Morgan fingerprint density at radius 1 is 1.13 bits per heavy atom. The van der Waals surface area contributed by atoms with Gasteiger partial charge in [0.05, 0.1) is 5.25 Å². The Bertz CT molecular complexity index is 528. The third-order valence-electron chi connectivity index (χ3n) is 3.20. The lowest BCUT2D eigenvalue weighted by molar-refractivity contribution is -0.152. The summed E-state index contributed by atoms with van der Waals surface area (Å²) in [6.07, 6.45) is 0.137. The van der Waals surface area contributed by atoms with Crippen LogP contribution in [0.1, 0.15) is 19.4 Å². The van der Waals surface area contributed by atoms with Gasteiger partial charge in [0.2, 0.25) is 5.91 Å².